The van der Waals surface area contributed by atoms with Crippen molar-refractivity contribution in [3.8, 4) is 11.8 Å². The number of carbonyl (C=O) groups excluding carboxylic acids is 1. The molecule has 3 rings (SSSR count). The molecular weight excluding hydrogens is 435 g/mol. The van der Waals surface area contributed by atoms with Crippen molar-refractivity contribution in [2.45, 2.75) is 32.7 Å². The smallest absolute Gasteiger partial charge is 0.272 e. The number of nitrogens with zero attached hydrogens (tertiary/aromatic N) is 6. The Hall–Kier alpha value is -3.94. The third kappa shape index (κ3) is 5.11. The van der Waals surface area contributed by atoms with Gasteiger partial charge in [-0.1, -0.05) is 6.07 Å². The molecule has 33 heavy (non-hydrogen) atoms. The molecule has 1 atom stereocenters. The second-order valence-corrected chi connectivity index (χ2v) is 7.40. The molecule has 0 unspecified atom stereocenters. The van der Waals surface area contributed by atoms with E-state index in [2.05, 4.69) is 20.5 Å². The Bertz CT molecular complexity index is 1170. The molecule has 0 spiro atoms. The van der Waals surface area contributed by atoms with E-state index in [1.54, 1.807) is 13.8 Å². The van der Waals surface area contributed by atoms with Crippen LogP contribution in [-0.4, -0.2) is 49.9 Å². The zero-order valence-corrected chi connectivity index (χ0v) is 18.3. The van der Waals surface area contributed by atoms with Gasteiger partial charge in [0.2, 0.25) is 0 Å². The van der Waals surface area contributed by atoms with Crippen molar-refractivity contribution in [1.82, 2.24) is 24.9 Å². The highest BCUT2D eigenvalue weighted by Crippen LogP contribution is 2.28. The van der Waals surface area contributed by atoms with Crippen molar-refractivity contribution in [3.63, 3.8) is 0 Å². The summed E-state index contributed by atoms with van der Waals surface area (Å²) in [4.78, 5) is 19.8. The van der Waals surface area contributed by atoms with E-state index in [-0.39, 0.29) is 34.7 Å². The topological polar surface area (TPSA) is 99.7 Å². The van der Waals surface area contributed by atoms with Crippen LogP contribution in [0.15, 0.2) is 42.9 Å². The van der Waals surface area contributed by atoms with Gasteiger partial charge in [-0.2, -0.15) is 15.5 Å². The number of aromatic nitrogens is 4. The lowest BCUT2D eigenvalue weighted by atomic mass is 10.1. The van der Waals surface area contributed by atoms with Crippen LogP contribution in [0.4, 0.5) is 19.0 Å². The number of hydrogen-bond acceptors (Lipinski definition) is 6. The Balaban J connectivity index is 1.81. The molecule has 0 bridgehead atoms. The maximum absolute atomic E-state index is 14.5. The lowest BCUT2D eigenvalue weighted by Crippen LogP contribution is -2.42. The first-order valence-electron chi connectivity index (χ1n) is 10.2. The Morgan fingerprint density at radius 3 is 2.64 bits per heavy atom. The summed E-state index contributed by atoms with van der Waals surface area (Å²) in [5.74, 6) is -4.07. The lowest BCUT2D eigenvalue weighted by molar-refractivity contribution is 0.0171. The van der Waals surface area contributed by atoms with Crippen molar-refractivity contribution >= 4 is 11.7 Å². The zero-order chi connectivity index (χ0) is 24.2. The Morgan fingerprint density at radius 2 is 2.03 bits per heavy atom. The van der Waals surface area contributed by atoms with Crippen molar-refractivity contribution < 1.29 is 18.0 Å². The van der Waals surface area contributed by atoms with E-state index in [0.717, 1.165) is 24.0 Å². The SMILES string of the molecule is CCN(C(=O)c1cccc(F)c1-n1nccn1)[C@@H](C)CNc1ncc(C(C)(F)F)cc1C#N. The standard InChI is InChI=1S/C22H22F3N7O/c1-4-31(21(33)17-6-5-7-18(23)19(17)32-29-8-9-30-32)14(2)12-27-20-15(11-26)10-16(13-28-20)22(3,24)25/h5-10,13-14H,4,12H2,1-3H3,(H,27,28)/t14-/m0/s1. The Morgan fingerprint density at radius 1 is 1.33 bits per heavy atom. The van der Waals surface area contributed by atoms with E-state index >= 15 is 0 Å². The summed E-state index contributed by atoms with van der Waals surface area (Å²) >= 11 is 0. The van der Waals surface area contributed by atoms with Crippen LogP contribution in [0.2, 0.25) is 0 Å². The van der Waals surface area contributed by atoms with Crippen molar-refractivity contribution in [2.24, 2.45) is 0 Å². The number of benzene rings is 1. The molecule has 1 amide bonds. The predicted molar refractivity (Wildman–Crippen MR) is 114 cm³/mol. The molecule has 0 aliphatic carbocycles. The number of nitriles is 1. The van der Waals surface area contributed by atoms with Gasteiger partial charge in [-0.15, -0.1) is 4.80 Å². The number of nitrogens with one attached hydrogen (secondary N) is 1. The van der Waals surface area contributed by atoms with Gasteiger partial charge in [0.05, 0.1) is 23.5 Å². The molecule has 2 heterocycles. The van der Waals surface area contributed by atoms with Crippen molar-refractivity contribution in [3.05, 3.63) is 65.4 Å². The van der Waals surface area contributed by atoms with E-state index in [1.807, 2.05) is 6.07 Å². The normalized spacial score (nSPS) is 12.2. The summed E-state index contributed by atoms with van der Waals surface area (Å²) < 4.78 is 41.6. The monoisotopic (exact) mass is 457 g/mol. The molecule has 0 aliphatic heterocycles. The number of rotatable bonds is 8. The van der Waals surface area contributed by atoms with Gasteiger partial charge in [0.25, 0.3) is 11.8 Å². The van der Waals surface area contributed by atoms with Gasteiger partial charge in [0, 0.05) is 37.8 Å². The highest BCUT2D eigenvalue weighted by Gasteiger charge is 2.27. The molecule has 11 heteroatoms. The third-order valence-corrected chi connectivity index (χ3v) is 5.05. The molecule has 1 N–H and O–H groups in total. The fraction of sp³-hybridized carbons (Fsp3) is 0.318. The fourth-order valence-electron chi connectivity index (χ4n) is 3.32. The maximum atomic E-state index is 14.5. The van der Waals surface area contributed by atoms with Gasteiger partial charge < -0.3 is 10.2 Å². The third-order valence-electron chi connectivity index (χ3n) is 5.05. The van der Waals surface area contributed by atoms with Crippen LogP contribution in [0.3, 0.4) is 0 Å². The van der Waals surface area contributed by atoms with E-state index in [4.69, 9.17) is 0 Å². The van der Waals surface area contributed by atoms with E-state index in [1.165, 1.54) is 35.5 Å². The summed E-state index contributed by atoms with van der Waals surface area (Å²) in [7, 11) is 0. The molecule has 3 aromatic rings. The molecular formula is C22H22F3N7O. The highest BCUT2D eigenvalue weighted by molar-refractivity contribution is 5.98. The average molecular weight is 457 g/mol. The van der Waals surface area contributed by atoms with E-state index in [0.29, 0.717) is 6.54 Å². The summed E-state index contributed by atoms with van der Waals surface area (Å²) in [5, 5.41) is 20.1. The minimum absolute atomic E-state index is 0.0345. The Labute approximate surface area is 188 Å². The molecule has 0 saturated carbocycles. The van der Waals surface area contributed by atoms with Crippen LogP contribution in [0, 0.1) is 17.1 Å². The number of para-hydroxylation sites is 1. The van der Waals surface area contributed by atoms with Crippen LogP contribution in [0.25, 0.3) is 5.69 Å². The van der Waals surface area contributed by atoms with Crippen LogP contribution >= 0.6 is 0 Å². The van der Waals surface area contributed by atoms with E-state index in [9.17, 15) is 23.2 Å². The molecule has 1 aromatic carbocycles. The van der Waals surface area contributed by atoms with Gasteiger partial charge in [-0.05, 0) is 32.0 Å². The molecule has 0 radical (unpaired) electrons. The Kier molecular flexibility index (Phi) is 6.96. The number of halogens is 3. The zero-order valence-electron chi connectivity index (χ0n) is 18.3. The van der Waals surface area contributed by atoms with Crippen LogP contribution in [0.5, 0.6) is 0 Å². The quantitative estimate of drug-likeness (QED) is 0.553. The van der Waals surface area contributed by atoms with Crippen LogP contribution in [0.1, 0.15) is 42.3 Å². The lowest BCUT2D eigenvalue weighted by Gasteiger charge is -2.29. The van der Waals surface area contributed by atoms with Crippen molar-refractivity contribution in [1.29, 1.82) is 5.26 Å². The number of anilines is 1. The van der Waals surface area contributed by atoms with E-state index < -0.39 is 23.7 Å². The van der Waals surface area contributed by atoms with Gasteiger partial charge in [0.1, 0.15) is 17.6 Å². The molecule has 2 aromatic heterocycles. The molecule has 172 valence electrons. The summed E-state index contributed by atoms with van der Waals surface area (Å²) in [6.07, 6.45) is 3.77. The second kappa shape index (κ2) is 9.68. The van der Waals surface area contributed by atoms with Crippen LogP contribution in [-0.2, 0) is 5.92 Å². The summed E-state index contributed by atoms with van der Waals surface area (Å²) in [6.45, 7) is 4.75. The number of alkyl halides is 2. The first-order chi connectivity index (χ1) is 15.7. The number of pyridine rings is 1. The average Bonchev–Trinajstić information content (AvgIpc) is 3.31. The van der Waals surface area contributed by atoms with Gasteiger partial charge in [-0.25, -0.2) is 18.2 Å². The molecule has 0 fully saturated rings. The second-order valence-electron chi connectivity index (χ2n) is 7.40. The minimum atomic E-state index is -3.12. The first kappa shape index (κ1) is 23.7. The molecule has 0 saturated heterocycles. The predicted octanol–water partition coefficient (Wildman–Crippen LogP) is 3.75. The number of amides is 1. The molecule has 0 aliphatic rings. The minimum Gasteiger partial charge on any atom is -0.367 e. The maximum Gasteiger partial charge on any atom is 0.272 e. The van der Waals surface area contributed by atoms with Gasteiger partial charge in [-0.3, -0.25) is 4.79 Å². The van der Waals surface area contributed by atoms with Crippen molar-refractivity contribution in [2.75, 3.05) is 18.4 Å². The first-order valence-corrected chi connectivity index (χ1v) is 10.2. The largest absolute Gasteiger partial charge is 0.367 e. The van der Waals surface area contributed by atoms with Gasteiger partial charge in [0.15, 0.2) is 5.82 Å². The summed E-state index contributed by atoms with van der Waals surface area (Å²) in [5.41, 5.74) is -0.373. The highest BCUT2D eigenvalue weighted by atomic mass is 19.3. The molecule has 8 nitrogen and oxygen atoms in total. The van der Waals surface area contributed by atoms with Crippen LogP contribution < -0.4 is 5.32 Å². The number of likely N-dealkylation sites (N-methyl/N-ethyl adjacent to an activating group) is 1. The number of carbonyl (C=O) groups is 1. The fourth-order valence-corrected chi connectivity index (χ4v) is 3.32. The van der Waals surface area contributed by atoms with Gasteiger partial charge >= 0.3 is 0 Å². The summed E-state index contributed by atoms with van der Waals surface area (Å²) in [6, 6.07) is 6.67. The number of hydrogen-bond donors (Lipinski definition) is 1.